The number of aryl methyl sites for hydroxylation is 5. The summed E-state index contributed by atoms with van der Waals surface area (Å²) in [4.78, 5) is 19.9. The molecule has 0 saturated carbocycles. The van der Waals surface area contributed by atoms with E-state index in [0.717, 1.165) is 33.9 Å². The lowest BCUT2D eigenvalue weighted by Gasteiger charge is -2.28. The molecule has 4 aromatic rings. The van der Waals surface area contributed by atoms with E-state index in [2.05, 4.69) is 83.1 Å². The predicted octanol–water partition coefficient (Wildman–Crippen LogP) is 6.72. The van der Waals surface area contributed by atoms with Gasteiger partial charge in [-0.05, 0) is 112 Å². The van der Waals surface area contributed by atoms with Crippen LogP contribution in [0, 0.1) is 41.5 Å². The lowest BCUT2D eigenvalue weighted by atomic mass is 9.96. The molecular weight excluding hydrogens is 514 g/mol. The molecule has 3 heterocycles. The predicted molar refractivity (Wildman–Crippen MR) is 166 cm³/mol. The van der Waals surface area contributed by atoms with E-state index in [-0.39, 0.29) is 18.0 Å². The molecule has 1 amide bonds. The second kappa shape index (κ2) is 11.3. The summed E-state index contributed by atoms with van der Waals surface area (Å²) in [5.41, 5.74) is 11.1. The molecule has 0 radical (unpaired) electrons. The number of aromatic nitrogens is 2. The van der Waals surface area contributed by atoms with Gasteiger partial charge in [0.1, 0.15) is 0 Å². The molecular formula is C33H37N5OS. The second-order valence-corrected chi connectivity index (χ2v) is 11.3. The Kier molecular flexibility index (Phi) is 7.76. The summed E-state index contributed by atoms with van der Waals surface area (Å²) in [6.45, 7) is 13.1. The van der Waals surface area contributed by atoms with Crippen molar-refractivity contribution in [2.45, 2.75) is 60.0 Å². The zero-order valence-corrected chi connectivity index (χ0v) is 24.9. The van der Waals surface area contributed by atoms with Crippen LogP contribution < -0.4 is 10.6 Å². The molecule has 2 atom stereocenters. The van der Waals surface area contributed by atoms with Gasteiger partial charge in [0.15, 0.2) is 5.11 Å². The number of nitrogens with one attached hydrogen (secondary N) is 2. The summed E-state index contributed by atoms with van der Waals surface area (Å²) in [6, 6.07) is 20.6. The lowest BCUT2D eigenvalue weighted by molar-refractivity contribution is -0.116. The first-order valence-corrected chi connectivity index (χ1v) is 14.2. The molecule has 2 aromatic heterocycles. The number of amides is 1. The molecule has 0 aliphatic carbocycles. The summed E-state index contributed by atoms with van der Waals surface area (Å²) in [5, 5.41) is 7.26. The van der Waals surface area contributed by atoms with E-state index in [1.165, 1.54) is 22.4 Å². The number of hydrogen-bond donors (Lipinski definition) is 2. The first-order chi connectivity index (χ1) is 19.1. The first-order valence-electron chi connectivity index (χ1n) is 13.8. The molecule has 1 saturated heterocycles. The topological polar surface area (TPSA) is 62.2 Å². The van der Waals surface area contributed by atoms with E-state index >= 15 is 0 Å². The maximum absolute atomic E-state index is 13.1. The number of anilines is 1. The maximum Gasteiger partial charge on any atom is 0.226 e. The Bertz CT molecular complexity index is 1580. The van der Waals surface area contributed by atoms with Crippen LogP contribution in [0.15, 0.2) is 66.9 Å². The van der Waals surface area contributed by atoms with Crippen LogP contribution in [0.5, 0.6) is 0 Å². The van der Waals surface area contributed by atoms with E-state index in [4.69, 9.17) is 12.2 Å². The van der Waals surface area contributed by atoms with E-state index in [9.17, 15) is 4.79 Å². The minimum Gasteiger partial charge on any atom is -0.352 e. The third-order valence-corrected chi connectivity index (χ3v) is 8.19. The normalized spacial score (nSPS) is 16.8. The van der Waals surface area contributed by atoms with Gasteiger partial charge in [-0.15, -0.1) is 0 Å². The average molecular weight is 552 g/mol. The summed E-state index contributed by atoms with van der Waals surface area (Å²) < 4.78 is 2.33. The van der Waals surface area contributed by atoms with Gasteiger partial charge in [-0.3, -0.25) is 9.78 Å². The maximum atomic E-state index is 13.1. The van der Waals surface area contributed by atoms with Crippen molar-refractivity contribution in [3.8, 4) is 5.69 Å². The molecule has 7 heteroatoms. The highest BCUT2D eigenvalue weighted by atomic mass is 32.1. The highest BCUT2D eigenvalue weighted by Gasteiger charge is 2.41. The largest absolute Gasteiger partial charge is 0.352 e. The average Bonchev–Trinajstić information content (AvgIpc) is 3.41. The molecule has 40 heavy (non-hydrogen) atoms. The van der Waals surface area contributed by atoms with Gasteiger partial charge >= 0.3 is 0 Å². The molecule has 2 N–H and O–H groups in total. The Balaban J connectivity index is 1.49. The van der Waals surface area contributed by atoms with Gasteiger partial charge in [0.05, 0.1) is 17.8 Å². The number of benzene rings is 2. The highest BCUT2D eigenvalue weighted by Crippen LogP contribution is 2.41. The fourth-order valence-electron chi connectivity index (χ4n) is 5.71. The van der Waals surface area contributed by atoms with Gasteiger partial charge < -0.3 is 20.1 Å². The molecule has 1 fully saturated rings. The summed E-state index contributed by atoms with van der Waals surface area (Å²) in [7, 11) is 0. The Morgan fingerprint density at radius 2 is 1.68 bits per heavy atom. The number of carbonyl (C=O) groups is 1. The summed E-state index contributed by atoms with van der Waals surface area (Å²) in [6.07, 6.45) is 2.13. The van der Waals surface area contributed by atoms with Crippen LogP contribution in [0.2, 0.25) is 0 Å². The molecule has 5 rings (SSSR count). The van der Waals surface area contributed by atoms with E-state index in [1.54, 1.807) is 0 Å². The molecule has 0 bridgehead atoms. The van der Waals surface area contributed by atoms with Gasteiger partial charge in [0.25, 0.3) is 0 Å². The Morgan fingerprint density at radius 3 is 2.40 bits per heavy atom. The minimum atomic E-state index is -0.136. The van der Waals surface area contributed by atoms with Crippen molar-refractivity contribution in [2.24, 2.45) is 0 Å². The lowest BCUT2D eigenvalue weighted by Crippen LogP contribution is -2.33. The van der Waals surface area contributed by atoms with E-state index in [0.29, 0.717) is 18.1 Å². The van der Waals surface area contributed by atoms with Crippen molar-refractivity contribution in [1.29, 1.82) is 0 Å². The van der Waals surface area contributed by atoms with E-state index < -0.39 is 0 Å². The van der Waals surface area contributed by atoms with Gasteiger partial charge in [-0.2, -0.15) is 0 Å². The summed E-state index contributed by atoms with van der Waals surface area (Å²) >= 11 is 5.88. The van der Waals surface area contributed by atoms with Gasteiger partial charge in [0.2, 0.25) is 5.91 Å². The molecule has 0 unspecified atom stereocenters. The van der Waals surface area contributed by atoms with Crippen LogP contribution in [-0.2, 0) is 4.79 Å². The van der Waals surface area contributed by atoms with Crippen molar-refractivity contribution >= 4 is 28.9 Å². The van der Waals surface area contributed by atoms with Crippen molar-refractivity contribution in [1.82, 2.24) is 19.8 Å². The van der Waals surface area contributed by atoms with Crippen LogP contribution in [0.25, 0.3) is 5.69 Å². The smallest absolute Gasteiger partial charge is 0.226 e. The van der Waals surface area contributed by atoms with Gasteiger partial charge in [-0.1, -0.05) is 30.3 Å². The van der Waals surface area contributed by atoms with Crippen molar-refractivity contribution in [3.63, 3.8) is 0 Å². The number of hydrogen-bond acceptors (Lipinski definition) is 3. The van der Waals surface area contributed by atoms with Crippen LogP contribution in [0.4, 0.5) is 5.69 Å². The quantitative estimate of drug-likeness (QED) is 0.250. The van der Waals surface area contributed by atoms with Crippen molar-refractivity contribution in [2.75, 3.05) is 11.9 Å². The SMILES string of the molecule is Cc1ccc(C)c(NC(=O)CCN2C(=S)N[C@H](c3ccccn3)[C@H]2c2cc(C)n(-c3cc(C)ccc3C)c2C)c1. The zero-order chi connectivity index (χ0) is 28.6. The number of pyridine rings is 1. The standard InChI is InChI=1S/C33H37N5OS/c1-20-10-12-22(3)28(17-20)35-30(39)14-16-37-32(31(36-33(37)40)27-9-7-8-15-34-27)26-19-24(5)38(25(26)6)29-18-21(2)11-13-23(29)4/h7-13,15,17-19,31-32H,14,16H2,1-6H3,(H,35,39)(H,36,40)/t31-,32-/m1/s1. The number of carbonyl (C=O) groups excluding carboxylic acids is 1. The number of rotatable bonds is 7. The molecule has 2 aromatic carbocycles. The van der Waals surface area contributed by atoms with Crippen molar-refractivity contribution < 1.29 is 4.79 Å². The number of thiocarbonyl (C=S) groups is 1. The van der Waals surface area contributed by atoms with Crippen LogP contribution in [-0.4, -0.2) is 32.0 Å². The fourth-order valence-corrected chi connectivity index (χ4v) is 6.04. The summed E-state index contributed by atoms with van der Waals surface area (Å²) in [5.74, 6) is -0.0302. The Labute approximate surface area is 242 Å². The third-order valence-electron chi connectivity index (χ3n) is 7.84. The minimum absolute atomic E-state index is 0.0302. The van der Waals surface area contributed by atoms with Crippen molar-refractivity contribution in [3.05, 3.63) is 112 Å². The fraction of sp³-hybridized carbons (Fsp3) is 0.303. The highest BCUT2D eigenvalue weighted by molar-refractivity contribution is 7.80. The van der Waals surface area contributed by atoms with Crippen LogP contribution in [0.3, 0.4) is 0 Å². The monoisotopic (exact) mass is 551 g/mol. The number of nitrogens with zero attached hydrogens (tertiary/aromatic N) is 3. The van der Waals surface area contributed by atoms with Crippen LogP contribution in [0.1, 0.15) is 63.4 Å². The zero-order valence-electron chi connectivity index (χ0n) is 24.1. The Morgan fingerprint density at radius 1 is 0.950 bits per heavy atom. The van der Waals surface area contributed by atoms with Gasteiger partial charge in [0, 0.05) is 41.9 Å². The third kappa shape index (κ3) is 5.39. The molecule has 6 nitrogen and oxygen atoms in total. The molecule has 1 aliphatic rings. The Hall–Kier alpha value is -3.97. The van der Waals surface area contributed by atoms with Gasteiger partial charge in [-0.25, -0.2) is 0 Å². The molecule has 0 spiro atoms. The first kappa shape index (κ1) is 27.6. The van der Waals surface area contributed by atoms with E-state index in [1.807, 2.05) is 50.4 Å². The molecule has 206 valence electrons. The molecule has 1 aliphatic heterocycles. The second-order valence-electron chi connectivity index (χ2n) is 10.9. The van der Waals surface area contributed by atoms with Crippen LogP contribution >= 0.6 is 12.2 Å².